The fraction of sp³-hybridized carbons (Fsp3) is 0.250. The van der Waals surface area contributed by atoms with Crippen LogP contribution in [-0.4, -0.2) is 33.7 Å². The minimum Gasteiger partial charge on any atom is -0.442 e. The summed E-state index contributed by atoms with van der Waals surface area (Å²) in [6.45, 7) is 1.52. The summed E-state index contributed by atoms with van der Waals surface area (Å²) in [6, 6.07) is 14.5. The van der Waals surface area contributed by atoms with Crippen LogP contribution in [0.3, 0.4) is 0 Å². The summed E-state index contributed by atoms with van der Waals surface area (Å²) in [7, 11) is 0. The first kappa shape index (κ1) is 19.8. The third kappa shape index (κ3) is 4.91. The Morgan fingerprint density at radius 1 is 1.21 bits per heavy atom. The maximum atomic E-state index is 13.8. The highest BCUT2D eigenvalue weighted by atomic mass is 127. The minimum absolute atomic E-state index is 0.318. The van der Waals surface area contributed by atoms with Gasteiger partial charge in [0.15, 0.2) is 0 Å². The summed E-state index contributed by atoms with van der Waals surface area (Å²) in [6.07, 6.45) is 0.873. The molecule has 29 heavy (non-hydrogen) atoms. The third-order valence-corrected chi connectivity index (χ3v) is 5.30. The molecule has 150 valence electrons. The Kier molecular flexibility index (Phi) is 6.05. The van der Waals surface area contributed by atoms with Gasteiger partial charge in [-0.25, -0.2) is 13.9 Å². The molecule has 0 saturated carbocycles. The molecule has 2 heterocycles. The van der Waals surface area contributed by atoms with Gasteiger partial charge in [0.05, 0.1) is 38.2 Å². The molecule has 1 atom stereocenters. The van der Waals surface area contributed by atoms with Crippen LogP contribution in [0.25, 0.3) is 0 Å². The number of carbonyl (C=O) groups is 1. The van der Waals surface area contributed by atoms with Gasteiger partial charge in [-0.1, -0.05) is 35.5 Å². The molecule has 1 unspecified atom stereocenters. The predicted molar refractivity (Wildman–Crippen MR) is 112 cm³/mol. The predicted octanol–water partition coefficient (Wildman–Crippen LogP) is 3.76. The van der Waals surface area contributed by atoms with E-state index in [2.05, 4.69) is 10.3 Å². The number of anilines is 1. The number of halogens is 2. The summed E-state index contributed by atoms with van der Waals surface area (Å²) < 4.78 is 27.0. The molecule has 0 aliphatic carbocycles. The van der Waals surface area contributed by atoms with Crippen LogP contribution in [0.2, 0.25) is 0 Å². The van der Waals surface area contributed by atoms with Crippen LogP contribution in [0.5, 0.6) is 0 Å². The monoisotopic (exact) mass is 508 g/mol. The van der Waals surface area contributed by atoms with E-state index in [0.717, 1.165) is 5.56 Å². The van der Waals surface area contributed by atoms with E-state index in [1.54, 1.807) is 23.0 Å². The smallest absolute Gasteiger partial charge is 0.414 e. The van der Waals surface area contributed by atoms with Crippen LogP contribution in [0.4, 0.5) is 14.9 Å². The normalized spacial score (nSPS) is 16.3. The number of ether oxygens (including phenoxy) is 2. The van der Waals surface area contributed by atoms with E-state index in [9.17, 15) is 9.18 Å². The first-order chi connectivity index (χ1) is 14.1. The van der Waals surface area contributed by atoms with Crippen molar-refractivity contribution in [3.05, 3.63) is 75.4 Å². The molecular formula is C20H18FIN4O3. The molecule has 0 N–H and O–H groups in total. The Morgan fingerprint density at radius 2 is 2.03 bits per heavy atom. The maximum absolute atomic E-state index is 13.8. The Morgan fingerprint density at radius 3 is 2.83 bits per heavy atom. The fourth-order valence-corrected chi connectivity index (χ4v) is 3.37. The highest BCUT2D eigenvalue weighted by molar-refractivity contribution is 14.1. The summed E-state index contributed by atoms with van der Waals surface area (Å²) in [5, 5.41) is 8.16. The SMILES string of the molecule is O=C1OC(Cn2cc(COCc3ccccc3)nn2)CN1c1ccc(I)c(F)c1. The average Bonchev–Trinajstić information content (AvgIpc) is 3.31. The van der Waals surface area contributed by atoms with Crippen LogP contribution in [0, 0.1) is 9.39 Å². The Hall–Kier alpha value is -2.53. The van der Waals surface area contributed by atoms with Crippen molar-refractivity contribution in [2.75, 3.05) is 11.4 Å². The number of hydrogen-bond acceptors (Lipinski definition) is 5. The maximum Gasteiger partial charge on any atom is 0.414 e. The van der Waals surface area contributed by atoms with Crippen molar-refractivity contribution in [1.82, 2.24) is 15.0 Å². The van der Waals surface area contributed by atoms with Gasteiger partial charge in [-0.2, -0.15) is 0 Å². The molecule has 0 bridgehead atoms. The van der Waals surface area contributed by atoms with Crippen LogP contribution in [0.1, 0.15) is 11.3 Å². The lowest BCUT2D eigenvalue weighted by molar-refractivity contribution is 0.104. The van der Waals surface area contributed by atoms with Gasteiger partial charge >= 0.3 is 6.09 Å². The molecule has 0 radical (unpaired) electrons. The molecule has 1 amide bonds. The Balaban J connectivity index is 1.31. The zero-order valence-electron chi connectivity index (χ0n) is 15.4. The van der Waals surface area contributed by atoms with E-state index in [-0.39, 0.29) is 5.82 Å². The highest BCUT2D eigenvalue weighted by Crippen LogP contribution is 2.25. The van der Waals surface area contributed by atoms with E-state index in [1.165, 1.54) is 11.0 Å². The van der Waals surface area contributed by atoms with Crippen molar-refractivity contribution in [3.8, 4) is 0 Å². The van der Waals surface area contributed by atoms with Crippen LogP contribution < -0.4 is 4.90 Å². The van der Waals surface area contributed by atoms with E-state index in [1.807, 2.05) is 52.9 Å². The average molecular weight is 508 g/mol. The highest BCUT2D eigenvalue weighted by Gasteiger charge is 2.33. The molecule has 4 rings (SSSR count). The molecule has 7 nitrogen and oxygen atoms in total. The topological polar surface area (TPSA) is 69.5 Å². The van der Waals surface area contributed by atoms with E-state index >= 15 is 0 Å². The lowest BCUT2D eigenvalue weighted by Gasteiger charge is -2.13. The van der Waals surface area contributed by atoms with Gasteiger partial charge in [-0.05, 0) is 46.4 Å². The second-order valence-corrected chi connectivity index (χ2v) is 7.79. The molecule has 1 saturated heterocycles. The number of cyclic esters (lactones) is 1. The summed E-state index contributed by atoms with van der Waals surface area (Å²) in [5.74, 6) is -0.365. The van der Waals surface area contributed by atoms with Crippen LogP contribution in [0.15, 0.2) is 54.7 Å². The zero-order valence-corrected chi connectivity index (χ0v) is 17.5. The number of rotatable bonds is 7. The molecule has 0 spiro atoms. The molecule has 9 heteroatoms. The molecule has 1 fully saturated rings. The molecule has 2 aromatic carbocycles. The van der Waals surface area contributed by atoms with Crippen molar-refractivity contribution < 1.29 is 18.7 Å². The van der Waals surface area contributed by atoms with Crippen molar-refractivity contribution in [2.45, 2.75) is 25.9 Å². The lowest BCUT2D eigenvalue weighted by Crippen LogP contribution is -2.26. The quantitative estimate of drug-likeness (QED) is 0.455. The van der Waals surface area contributed by atoms with Gasteiger partial charge in [-0.15, -0.1) is 5.10 Å². The van der Waals surface area contributed by atoms with Crippen LogP contribution in [-0.2, 0) is 29.2 Å². The lowest BCUT2D eigenvalue weighted by atomic mass is 10.2. The van der Waals surface area contributed by atoms with E-state index < -0.39 is 12.2 Å². The van der Waals surface area contributed by atoms with Gasteiger partial charge in [0, 0.05) is 3.57 Å². The van der Waals surface area contributed by atoms with Gasteiger partial charge in [0.25, 0.3) is 0 Å². The number of benzene rings is 2. The Bertz CT molecular complexity index is 998. The van der Waals surface area contributed by atoms with Gasteiger partial charge in [0.1, 0.15) is 17.6 Å². The van der Waals surface area contributed by atoms with Crippen molar-refractivity contribution in [2.24, 2.45) is 0 Å². The second kappa shape index (κ2) is 8.87. The molecule has 1 aliphatic rings. The third-order valence-electron chi connectivity index (χ3n) is 4.43. The number of nitrogens with zero attached hydrogens (tertiary/aromatic N) is 4. The largest absolute Gasteiger partial charge is 0.442 e. The first-order valence-electron chi connectivity index (χ1n) is 9.02. The van der Waals surface area contributed by atoms with Gasteiger partial charge < -0.3 is 9.47 Å². The number of amides is 1. The molecule has 1 aliphatic heterocycles. The summed E-state index contributed by atoms with van der Waals surface area (Å²) >= 11 is 1.91. The molecular weight excluding hydrogens is 490 g/mol. The summed E-state index contributed by atoms with van der Waals surface area (Å²) in [4.78, 5) is 13.6. The fourth-order valence-electron chi connectivity index (χ4n) is 3.03. The summed E-state index contributed by atoms with van der Waals surface area (Å²) in [5.41, 5.74) is 2.26. The zero-order chi connectivity index (χ0) is 20.2. The number of aromatic nitrogens is 3. The van der Waals surface area contributed by atoms with Gasteiger partial charge in [-0.3, -0.25) is 4.90 Å². The second-order valence-electron chi connectivity index (χ2n) is 6.63. The van der Waals surface area contributed by atoms with Crippen molar-refractivity contribution in [1.29, 1.82) is 0 Å². The minimum atomic E-state index is -0.498. The van der Waals surface area contributed by atoms with Crippen molar-refractivity contribution in [3.63, 3.8) is 0 Å². The number of hydrogen-bond donors (Lipinski definition) is 0. The van der Waals surface area contributed by atoms with E-state index in [4.69, 9.17) is 9.47 Å². The Labute approximate surface area is 180 Å². The number of carbonyl (C=O) groups excluding carboxylic acids is 1. The standard InChI is InChI=1S/C20H18FIN4O3/c21-18-8-16(6-7-19(18)22)26-11-17(29-20(26)27)10-25-9-15(23-24-25)13-28-12-14-4-2-1-3-5-14/h1-9,17H,10-13H2. The van der Waals surface area contributed by atoms with Crippen molar-refractivity contribution >= 4 is 34.4 Å². The first-order valence-corrected chi connectivity index (χ1v) is 10.1. The molecule has 3 aromatic rings. The molecule has 1 aromatic heterocycles. The van der Waals surface area contributed by atoms with Crippen LogP contribution >= 0.6 is 22.6 Å². The van der Waals surface area contributed by atoms with Gasteiger partial charge in [0.2, 0.25) is 0 Å². The van der Waals surface area contributed by atoms with E-state index in [0.29, 0.717) is 41.3 Å².